The van der Waals surface area contributed by atoms with Crippen LogP contribution in [-0.4, -0.2) is 8.76 Å². The van der Waals surface area contributed by atoms with Gasteiger partial charge in [-0.25, -0.2) is 4.21 Å². The van der Waals surface area contributed by atoms with Gasteiger partial charge in [-0.05, 0) is 30.5 Å². The molecule has 1 atom stereocenters. The van der Waals surface area contributed by atoms with Gasteiger partial charge in [0.25, 0.3) is 0 Å². The average Bonchev–Trinajstić information content (AvgIpc) is 2.14. The van der Waals surface area contributed by atoms with Gasteiger partial charge in [-0.2, -0.15) is 0 Å². The molecule has 1 aromatic rings. The Hall–Kier alpha value is -0.450. The first kappa shape index (κ1) is 11.6. The number of aryl methyl sites for hydroxylation is 1. The number of hydrogen-bond acceptors (Lipinski definition) is 2. The van der Waals surface area contributed by atoms with Crippen LogP contribution in [0.25, 0.3) is 0 Å². The van der Waals surface area contributed by atoms with E-state index in [0.29, 0.717) is 4.90 Å². The molecule has 0 amide bonds. The van der Waals surface area contributed by atoms with Crippen molar-refractivity contribution in [1.29, 1.82) is 0 Å². The smallest absolute Gasteiger partial charge is 0.171 e. The van der Waals surface area contributed by atoms with Gasteiger partial charge in [0.15, 0.2) is 8.77 Å². The van der Waals surface area contributed by atoms with Crippen LogP contribution < -0.4 is 0 Å². The summed E-state index contributed by atoms with van der Waals surface area (Å²) in [5.74, 6) is 0. The van der Waals surface area contributed by atoms with Crippen LogP contribution in [0.15, 0.2) is 29.2 Å². The number of unbranched alkanes of at least 4 members (excludes halogenated alkanes) is 1. The Bertz CT molecular complexity index is 396. The summed E-state index contributed by atoms with van der Waals surface area (Å²) >= 11 is 4.51. The maximum atomic E-state index is 11.2. The van der Waals surface area contributed by atoms with E-state index in [1.807, 2.05) is 6.07 Å². The maximum absolute atomic E-state index is 11.2. The van der Waals surface area contributed by atoms with E-state index in [1.54, 1.807) is 18.2 Å². The van der Waals surface area contributed by atoms with Crippen molar-refractivity contribution >= 4 is 20.0 Å². The van der Waals surface area contributed by atoms with E-state index in [-0.39, 0.29) is 0 Å². The molecule has 1 aromatic carbocycles. The van der Waals surface area contributed by atoms with Crippen LogP contribution in [0.1, 0.15) is 25.3 Å². The molecular weight excluding hydrogens is 216 g/mol. The monoisotopic (exact) mass is 230 g/mol. The van der Waals surface area contributed by atoms with Gasteiger partial charge in [-0.1, -0.05) is 25.5 Å². The van der Waals surface area contributed by atoms with Crippen molar-refractivity contribution in [2.24, 2.45) is 0 Å². The van der Waals surface area contributed by atoms with Crippen LogP contribution in [-0.2, 0) is 26.4 Å². The molecule has 4 heteroatoms. The molecule has 0 aliphatic carbocycles. The van der Waals surface area contributed by atoms with Crippen molar-refractivity contribution in [3.05, 3.63) is 29.8 Å². The van der Waals surface area contributed by atoms with E-state index in [1.165, 1.54) is 0 Å². The zero-order valence-electron chi connectivity index (χ0n) is 8.10. The minimum absolute atomic E-state index is 0.348. The van der Waals surface area contributed by atoms with Crippen molar-refractivity contribution in [1.82, 2.24) is 0 Å². The first-order valence-electron chi connectivity index (χ1n) is 4.60. The predicted molar refractivity (Wildman–Crippen MR) is 61.5 cm³/mol. The summed E-state index contributed by atoms with van der Waals surface area (Å²) in [6.07, 6.45) is 3.15. The standard InChI is InChI=1S/C10H14O2S2/c1-2-3-5-9-6-4-7-10(8-9)14(11,12)13/h4,6-8H,2-3,5H2,1H3,(H,11,12,13). The number of hydrogen-bond donors (Lipinski definition) is 1. The summed E-state index contributed by atoms with van der Waals surface area (Å²) in [7, 11) is -3.22. The Morgan fingerprint density at radius 2 is 2.21 bits per heavy atom. The Kier molecular flexibility index (Phi) is 4.04. The minimum Gasteiger partial charge on any atom is -0.302 e. The molecule has 78 valence electrons. The fourth-order valence-electron chi connectivity index (χ4n) is 1.24. The zero-order chi connectivity index (χ0) is 10.6. The summed E-state index contributed by atoms with van der Waals surface area (Å²) in [5, 5.41) is 0. The third-order valence-electron chi connectivity index (χ3n) is 2.02. The fourth-order valence-corrected chi connectivity index (χ4v) is 2.10. The van der Waals surface area contributed by atoms with Crippen molar-refractivity contribution in [2.75, 3.05) is 0 Å². The van der Waals surface area contributed by atoms with Gasteiger partial charge in [0.2, 0.25) is 0 Å². The van der Waals surface area contributed by atoms with Crippen LogP contribution in [0, 0.1) is 0 Å². The quantitative estimate of drug-likeness (QED) is 0.864. The molecule has 14 heavy (non-hydrogen) atoms. The fraction of sp³-hybridized carbons (Fsp3) is 0.400. The highest BCUT2D eigenvalue weighted by Crippen LogP contribution is 2.13. The molecular formula is C10H14O2S2. The summed E-state index contributed by atoms with van der Waals surface area (Å²) in [6.45, 7) is 2.12. The maximum Gasteiger partial charge on any atom is 0.171 e. The lowest BCUT2D eigenvalue weighted by molar-refractivity contribution is 0.561. The molecule has 0 aromatic heterocycles. The third-order valence-corrected chi connectivity index (χ3v) is 3.44. The lowest BCUT2D eigenvalue weighted by Gasteiger charge is -2.03. The summed E-state index contributed by atoms with van der Waals surface area (Å²) in [4.78, 5) is 0.348. The van der Waals surface area contributed by atoms with Gasteiger partial charge in [-0.3, -0.25) is 0 Å². The Labute approximate surface area is 89.8 Å². The molecule has 0 heterocycles. The predicted octanol–water partition coefficient (Wildman–Crippen LogP) is 2.61. The lowest BCUT2D eigenvalue weighted by Crippen LogP contribution is -1.97. The minimum atomic E-state index is -3.22. The lowest BCUT2D eigenvalue weighted by atomic mass is 10.1. The molecule has 0 aliphatic rings. The normalized spacial score (nSPS) is 15.0. The first-order chi connectivity index (χ1) is 6.54. The van der Waals surface area contributed by atoms with Crippen molar-refractivity contribution in [3.63, 3.8) is 0 Å². The molecule has 0 saturated heterocycles. The summed E-state index contributed by atoms with van der Waals surface area (Å²) < 4.78 is 20.4. The van der Waals surface area contributed by atoms with E-state index >= 15 is 0 Å². The van der Waals surface area contributed by atoms with E-state index in [9.17, 15) is 8.76 Å². The second-order valence-electron chi connectivity index (χ2n) is 3.23. The van der Waals surface area contributed by atoms with Crippen LogP contribution in [0.2, 0.25) is 0 Å². The Morgan fingerprint density at radius 1 is 1.50 bits per heavy atom. The highest BCUT2D eigenvalue weighted by Gasteiger charge is 2.05. The van der Waals surface area contributed by atoms with E-state index in [2.05, 4.69) is 18.1 Å². The second-order valence-corrected chi connectivity index (χ2v) is 6.00. The molecule has 1 unspecified atom stereocenters. The van der Waals surface area contributed by atoms with E-state index in [0.717, 1.165) is 24.8 Å². The molecule has 0 bridgehead atoms. The summed E-state index contributed by atoms with van der Waals surface area (Å²) in [5.41, 5.74) is 1.08. The summed E-state index contributed by atoms with van der Waals surface area (Å²) in [6, 6.07) is 7.07. The van der Waals surface area contributed by atoms with Gasteiger partial charge in [0.05, 0.1) is 4.90 Å². The van der Waals surface area contributed by atoms with Crippen LogP contribution >= 0.6 is 0 Å². The van der Waals surface area contributed by atoms with Crippen LogP contribution in [0.3, 0.4) is 0 Å². The van der Waals surface area contributed by atoms with Crippen LogP contribution in [0.5, 0.6) is 0 Å². The molecule has 0 fully saturated rings. The van der Waals surface area contributed by atoms with Gasteiger partial charge in [0, 0.05) is 11.2 Å². The molecule has 2 nitrogen and oxygen atoms in total. The van der Waals surface area contributed by atoms with Crippen molar-refractivity contribution in [3.8, 4) is 0 Å². The molecule has 0 saturated carbocycles. The first-order valence-corrected chi connectivity index (χ1v) is 7.04. The number of benzene rings is 1. The molecule has 1 N–H and O–H groups in total. The Morgan fingerprint density at radius 3 is 2.79 bits per heavy atom. The molecule has 1 rings (SSSR count). The van der Waals surface area contributed by atoms with Gasteiger partial charge < -0.3 is 4.55 Å². The topological polar surface area (TPSA) is 37.3 Å². The average molecular weight is 230 g/mol. The second kappa shape index (κ2) is 4.87. The van der Waals surface area contributed by atoms with Crippen molar-refractivity contribution in [2.45, 2.75) is 31.1 Å². The zero-order valence-corrected chi connectivity index (χ0v) is 9.74. The molecule has 0 radical (unpaired) electrons. The van der Waals surface area contributed by atoms with Gasteiger partial charge in [0.1, 0.15) is 0 Å². The van der Waals surface area contributed by atoms with Crippen LogP contribution in [0.4, 0.5) is 0 Å². The molecule has 0 spiro atoms. The van der Waals surface area contributed by atoms with Gasteiger partial charge in [-0.15, -0.1) is 0 Å². The highest BCUT2D eigenvalue weighted by atomic mass is 32.8. The van der Waals surface area contributed by atoms with Crippen molar-refractivity contribution < 1.29 is 8.76 Å². The largest absolute Gasteiger partial charge is 0.302 e. The SMILES string of the molecule is CCCCc1cccc(S(=O)(O)=S)c1. The van der Waals surface area contributed by atoms with E-state index in [4.69, 9.17) is 0 Å². The Balaban J connectivity index is 2.90. The number of rotatable bonds is 4. The molecule has 0 aliphatic heterocycles. The van der Waals surface area contributed by atoms with E-state index < -0.39 is 8.77 Å². The third kappa shape index (κ3) is 3.36. The highest BCUT2D eigenvalue weighted by molar-refractivity contribution is 8.29. The van der Waals surface area contributed by atoms with Gasteiger partial charge >= 0.3 is 0 Å².